The highest BCUT2D eigenvalue weighted by Gasteiger charge is 2.35. The van der Waals surface area contributed by atoms with Gasteiger partial charge in [-0.05, 0) is 31.5 Å². The predicted molar refractivity (Wildman–Crippen MR) is 101 cm³/mol. The van der Waals surface area contributed by atoms with Crippen molar-refractivity contribution >= 4 is 11.4 Å². The number of carbonyl (C=O) groups excluding carboxylic acids is 1. The summed E-state index contributed by atoms with van der Waals surface area (Å²) in [6.45, 7) is 3.34. The summed E-state index contributed by atoms with van der Waals surface area (Å²) in [7, 11) is 0. The molecule has 0 spiro atoms. The van der Waals surface area contributed by atoms with Crippen LogP contribution >= 0.6 is 0 Å². The first-order valence-electron chi connectivity index (χ1n) is 8.87. The van der Waals surface area contributed by atoms with Crippen LogP contribution in [0.2, 0.25) is 0 Å². The Kier molecular flexibility index (Phi) is 3.61. The number of Topliss-reactive ketones (excluding diaryl/α,β-unsaturated/α-hetero) is 1. The molecule has 5 rings (SSSR count). The number of ketones is 1. The quantitative estimate of drug-likeness (QED) is 0.544. The van der Waals surface area contributed by atoms with E-state index in [-0.39, 0.29) is 11.7 Å². The molecular weight excluding hydrogens is 356 g/mol. The topological polar surface area (TPSA) is 82.5 Å². The molecule has 0 radical (unpaired) electrons. The smallest absolute Gasteiger partial charge is 0.228 e. The van der Waals surface area contributed by atoms with Crippen molar-refractivity contribution in [1.82, 2.24) is 19.6 Å². The van der Waals surface area contributed by atoms with Gasteiger partial charge in [0.1, 0.15) is 12.1 Å². The third kappa shape index (κ3) is 2.44. The molecule has 1 atom stereocenters. The molecule has 0 amide bonds. The highest BCUT2D eigenvalue weighted by Crippen LogP contribution is 2.44. The van der Waals surface area contributed by atoms with Crippen molar-refractivity contribution < 1.29 is 13.9 Å². The fraction of sp³-hybridized carbons (Fsp3) is 0.143. The molecule has 0 saturated carbocycles. The average Bonchev–Trinajstić information content (AvgIpc) is 3.36. The Balaban J connectivity index is 1.80. The number of benzene rings is 1. The molecule has 7 nitrogen and oxygen atoms in total. The van der Waals surface area contributed by atoms with Crippen molar-refractivity contribution in [1.29, 1.82) is 0 Å². The maximum atomic E-state index is 12.5. The summed E-state index contributed by atoms with van der Waals surface area (Å²) in [6.07, 6.45) is 3.13. The van der Waals surface area contributed by atoms with Crippen molar-refractivity contribution in [3.8, 4) is 17.5 Å². The summed E-state index contributed by atoms with van der Waals surface area (Å²) in [4.78, 5) is 21.6. The number of rotatable bonds is 3. The fourth-order valence-corrected chi connectivity index (χ4v) is 3.68. The van der Waals surface area contributed by atoms with Gasteiger partial charge in [0.25, 0.3) is 0 Å². The van der Waals surface area contributed by atoms with Crippen LogP contribution in [-0.2, 0) is 4.79 Å². The Labute approximate surface area is 160 Å². The second-order valence-electron chi connectivity index (χ2n) is 6.62. The molecule has 4 aromatic rings. The number of fused-ring (bicyclic) bond motifs is 3. The average molecular weight is 372 g/mol. The molecule has 0 fully saturated rings. The number of carbonyl (C=O) groups is 1. The van der Waals surface area contributed by atoms with Gasteiger partial charge in [-0.15, -0.1) is 5.10 Å². The number of allylic oxidation sites excluding steroid dienone is 2. The second kappa shape index (κ2) is 6.16. The van der Waals surface area contributed by atoms with Crippen molar-refractivity contribution in [2.75, 3.05) is 0 Å². The first-order valence-corrected chi connectivity index (χ1v) is 8.87. The largest absolute Gasteiger partial charge is 0.461 e. The van der Waals surface area contributed by atoms with Gasteiger partial charge in [0.05, 0.1) is 11.8 Å². The van der Waals surface area contributed by atoms with Crippen LogP contribution in [0.25, 0.3) is 17.2 Å². The molecule has 4 heterocycles. The molecule has 0 bridgehead atoms. The van der Waals surface area contributed by atoms with Gasteiger partial charge >= 0.3 is 0 Å². The zero-order valence-electron chi connectivity index (χ0n) is 15.3. The van der Waals surface area contributed by atoms with Gasteiger partial charge in [-0.3, -0.25) is 4.79 Å². The van der Waals surface area contributed by atoms with Gasteiger partial charge in [-0.1, -0.05) is 30.3 Å². The van der Waals surface area contributed by atoms with Crippen LogP contribution in [0.1, 0.15) is 30.9 Å². The molecule has 1 aliphatic rings. The van der Waals surface area contributed by atoms with E-state index in [0.29, 0.717) is 34.4 Å². The zero-order valence-corrected chi connectivity index (χ0v) is 15.3. The second-order valence-corrected chi connectivity index (χ2v) is 6.62. The molecule has 28 heavy (non-hydrogen) atoms. The van der Waals surface area contributed by atoms with Crippen LogP contribution in [0, 0.1) is 0 Å². The Hall–Kier alpha value is -3.74. The molecule has 0 N–H and O–H groups in total. The first kappa shape index (κ1) is 16.4. The van der Waals surface area contributed by atoms with E-state index in [0.717, 1.165) is 11.1 Å². The van der Waals surface area contributed by atoms with E-state index in [1.165, 1.54) is 0 Å². The summed E-state index contributed by atoms with van der Waals surface area (Å²) in [5, 5.41) is 4.47. The maximum Gasteiger partial charge on any atom is 0.228 e. The van der Waals surface area contributed by atoms with Crippen molar-refractivity contribution in [2.24, 2.45) is 0 Å². The van der Waals surface area contributed by atoms with Crippen LogP contribution in [0.15, 0.2) is 70.8 Å². The van der Waals surface area contributed by atoms with Crippen molar-refractivity contribution in [2.45, 2.75) is 19.8 Å². The monoisotopic (exact) mass is 372 g/mol. The molecule has 0 saturated heterocycles. The predicted octanol–water partition coefficient (Wildman–Crippen LogP) is 3.77. The molecule has 1 aliphatic heterocycles. The number of hydrogen-bond acceptors (Lipinski definition) is 6. The lowest BCUT2D eigenvalue weighted by Gasteiger charge is -2.28. The van der Waals surface area contributed by atoms with Gasteiger partial charge in [0.15, 0.2) is 17.2 Å². The van der Waals surface area contributed by atoms with Crippen molar-refractivity contribution in [3.63, 3.8) is 0 Å². The Bertz CT molecular complexity index is 1220. The van der Waals surface area contributed by atoms with E-state index in [1.807, 2.05) is 30.3 Å². The van der Waals surface area contributed by atoms with E-state index >= 15 is 0 Å². The summed E-state index contributed by atoms with van der Waals surface area (Å²) in [5.74, 6) is 1.60. The molecule has 0 unspecified atom stereocenters. The van der Waals surface area contributed by atoms with E-state index in [1.54, 1.807) is 43.1 Å². The zero-order chi connectivity index (χ0) is 19.3. The van der Waals surface area contributed by atoms with Gasteiger partial charge in [0, 0.05) is 11.5 Å². The van der Waals surface area contributed by atoms with Crippen molar-refractivity contribution in [3.05, 3.63) is 77.5 Å². The normalized spacial score (nSPS) is 16.1. The lowest BCUT2D eigenvalue weighted by molar-refractivity contribution is -0.114. The molecular formula is C21H16N4O3. The third-order valence-electron chi connectivity index (χ3n) is 4.85. The van der Waals surface area contributed by atoms with E-state index < -0.39 is 0 Å². The minimum Gasteiger partial charge on any atom is -0.461 e. The Morgan fingerprint density at radius 2 is 1.96 bits per heavy atom. The molecule has 1 aromatic carbocycles. The number of ether oxygens (including phenoxy) is 1. The van der Waals surface area contributed by atoms with Crippen LogP contribution in [0.5, 0.6) is 5.88 Å². The minimum atomic E-state index is -0.340. The minimum absolute atomic E-state index is 0.0511. The third-order valence-corrected chi connectivity index (χ3v) is 4.85. The molecule has 7 heteroatoms. The lowest BCUT2D eigenvalue weighted by Crippen LogP contribution is -2.22. The highest BCUT2D eigenvalue weighted by atomic mass is 16.5. The summed E-state index contributed by atoms with van der Waals surface area (Å²) in [6, 6.07) is 13.4. The highest BCUT2D eigenvalue weighted by molar-refractivity contribution is 5.97. The SMILES string of the molecule is CC(=O)C1=C(C)Oc2ncn3nc(-c4ccco4)nc3c2[C@@H]1c1ccccc1. The van der Waals surface area contributed by atoms with Crippen LogP contribution < -0.4 is 4.74 Å². The standard InChI is InChI=1S/C21H16N4O3/c1-12(26)16-13(2)28-21-18(17(16)14-7-4-3-5-8-14)20-23-19(15-9-6-10-27-15)24-25(20)11-22-21/h3-11,17H,1-2H3/t17-/m1/s1. The molecule has 0 aliphatic carbocycles. The van der Waals surface area contributed by atoms with Crippen LogP contribution in [0.4, 0.5) is 0 Å². The molecule has 3 aromatic heterocycles. The Morgan fingerprint density at radius 1 is 1.14 bits per heavy atom. The van der Waals surface area contributed by atoms with E-state index in [4.69, 9.17) is 9.15 Å². The lowest BCUT2D eigenvalue weighted by atomic mass is 9.82. The number of furan rings is 1. The number of aromatic nitrogens is 4. The van der Waals surface area contributed by atoms with Gasteiger partial charge in [0.2, 0.25) is 11.7 Å². The maximum absolute atomic E-state index is 12.5. The summed E-state index contributed by atoms with van der Waals surface area (Å²) < 4.78 is 12.9. The van der Waals surface area contributed by atoms with Gasteiger partial charge in [-0.2, -0.15) is 0 Å². The van der Waals surface area contributed by atoms with E-state index in [9.17, 15) is 4.79 Å². The summed E-state index contributed by atoms with van der Waals surface area (Å²) >= 11 is 0. The Morgan fingerprint density at radius 3 is 2.68 bits per heavy atom. The van der Waals surface area contributed by atoms with Crippen LogP contribution in [0.3, 0.4) is 0 Å². The number of nitrogens with zero attached hydrogens (tertiary/aromatic N) is 4. The number of hydrogen-bond donors (Lipinski definition) is 0. The first-order chi connectivity index (χ1) is 13.6. The van der Waals surface area contributed by atoms with E-state index in [2.05, 4.69) is 15.1 Å². The summed E-state index contributed by atoms with van der Waals surface area (Å²) in [5.41, 5.74) is 2.86. The van der Waals surface area contributed by atoms with Crippen LogP contribution in [-0.4, -0.2) is 25.4 Å². The fourth-order valence-electron chi connectivity index (χ4n) is 3.68. The molecule has 138 valence electrons. The van der Waals surface area contributed by atoms with Gasteiger partial charge < -0.3 is 9.15 Å². The van der Waals surface area contributed by atoms with Gasteiger partial charge in [-0.25, -0.2) is 14.5 Å².